The molecule has 5 heteroatoms. The molecule has 1 fully saturated rings. The third-order valence-electron chi connectivity index (χ3n) is 3.99. The van der Waals surface area contributed by atoms with Gasteiger partial charge in [-0.3, -0.25) is 4.79 Å². The lowest BCUT2D eigenvalue weighted by atomic mass is 10.2. The first-order valence-corrected chi connectivity index (χ1v) is 7.36. The highest BCUT2D eigenvalue weighted by molar-refractivity contribution is 5.44. The van der Waals surface area contributed by atoms with Crippen molar-refractivity contribution in [1.29, 1.82) is 0 Å². The molecular weight excluding hydrogens is 266 g/mol. The molecule has 0 unspecified atom stereocenters. The van der Waals surface area contributed by atoms with Crippen LogP contribution in [0.5, 0.6) is 5.75 Å². The van der Waals surface area contributed by atoms with Gasteiger partial charge in [0.1, 0.15) is 24.0 Å². The third-order valence-corrected chi connectivity index (χ3v) is 3.99. The van der Waals surface area contributed by atoms with Gasteiger partial charge in [0.05, 0.1) is 6.54 Å². The van der Waals surface area contributed by atoms with Crippen LogP contribution >= 0.6 is 0 Å². The highest BCUT2D eigenvalue weighted by Crippen LogP contribution is 2.38. The second kappa shape index (κ2) is 4.91. The molecule has 0 spiro atoms. The van der Waals surface area contributed by atoms with E-state index < -0.39 is 0 Å². The Bertz CT molecular complexity index is 721. The second-order valence-electron chi connectivity index (χ2n) is 5.64. The Labute approximate surface area is 122 Å². The molecule has 1 saturated carbocycles. The Morgan fingerprint density at radius 2 is 2.14 bits per heavy atom. The summed E-state index contributed by atoms with van der Waals surface area (Å²) in [4.78, 5) is 21.5. The van der Waals surface area contributed by atoms with Crippen LogP contribution in [0.2, 0.25) is 0 Å². The van der Waals surface area contributed by atoms with Gasteiger partial charge in [0, 0.05) is 24.1 Å². The zero-order chi connectivity index (χ0) is 14.2. The topological polar surface area (TPSA) is 58.2 Å². The normalized spacial score (nSPS) is 17.8. The molecule has 0 atom stereocenters. The van der Waals surface area contributed by atoms with Crippen molar-refractivity contribution in [2.45, 2.75) is 25.3 Å². The maximum Gasteiger partial charge on any atom is 0.252 e. The van der Waals surface area contributed by atoms with Gasteiger partial charge in [-0.25, -0.2) is 4.98 Å². The van der Waals surface area contributed by atoms with Crippen molar-refractivity contribution in [3.63, 3.8) is 0 Å². The maximum absolute atomic E-state index is 11.9. The fourth-order valence-electron chi connectivity index (χ4n) is 2.70. The minimum atomic E-state index is -0.0691. The second-order valence-corrected chi connectivity index (χ2v) is 5.64. The average molecular weight is 283 g/mol. The SMILES string of the molecule is O=c1cc(N2CCOc3ccccc3C2)nc(C2CC2)[nH]1. The van der Waals surface area contributed by atoms with Gasteiger partial charge < -0.3 is 14.6 Å². The van der Waals surface area contributed by atoms with Gasteiger partial charge in [0.15, 0.2) is 0 Å². The molecule has 0 radical (unpaired) electrons. The van der Waals surface area contributed by atoms with Gasteiger partial charge >= 0.3 is 0 Å². The van der Waals surface area contributed by atoms with E-state index in [1.807, 2.05) is 18.2 Å². The fourth-order valence-corrected chi connectivity index (χ4v) is 2.70. The van der Waals surface area contributed by atoms with E-state index in [9.17, 15) is 4.79 Å². The minimum absolute atomic E-state index is 0.0691. The molecule has 1 N–H and O–H groups in total. The van der Waals surface area contributed by atoms with Gasteiger partial charge in [-0.15, -0.1) is 0 Å². The van der Waals surface area contributed by atoms with Gasteiger partial charge in [-0.1, -0.05) is 18.2 Å². The summed E-state index contributed by atoms with van der Waals surface area (Å²) in [5.41, 5.74) is 1.06. The molecule has 1 aliphatic heterocycles. The van der Waals surface area contributed by atoms with Crippen LogP contribution in [-0.4, -0.2) is 23.1 Å². The van der Waals surface area contributed by atoms with E-state index in [1.165, 1.54) is 0 Å². The molecule has 5 nitrogen and oxygen atoms in total. The summed E-state index contributed by atoms with van der Waals surface area (Å²) in [6.07, 6.45) is 2.25. The Morgan fingerprint density at radius 3 is 3.00 bits per heavy atom. The molecule has 0 bridgehead atoms. The number of fused-ring (bicyclic) bond motifs is 1. The molecule has 4 rings (SSSR count). The van der Waals surface area contributed by atoms with Gasteiger partial charge in [-0.2, -0.15) is 0 Å². The number of H-pyrrole nitrogens is 1. The summed E-state index contributed by atoms with van der Waals surface area (Å²) in [5.74, 6) is 2.94. The van der Waals surface area contributed by atoms with E-state index >= 15 is 0 Å². The highest BCUT2D eigenvalue weighted by Gasteiger charge is 2.27. The van der Waals surface area contributed by atoms with Crippen LogP contribution in [-0.2, 0) is 6.54 Å². The van der Waals surface area contributed by atoms with Gasteiger partial charge in [0.2, 0.25) is 0 Å². The lowest BCUT2D eigenvalue weighted by Gasteiger charge is -2.21. The van der Waals surface area contributed by atoms with Crippen LogP contribution in [0.25, 0.3) is 0 Å². The van der Waals surface area contributed by atoms with Crippen molar-refractivity contribution in [3.05, 3.63) is 52.1 Å². The number of aromatic amines is 1. The zero-order valence-electron chi connectivity index (χ0n) is 11.7. The molecule has 0 saturated heterocycles. The average Bonchev–Trinajstić information content (AvgIpc) is 3.32. The largest absolute Gasteiger partial charge is 0.491 e. The number of anilines is 1. The number of nitrogens with zero attached hydrogens (tertiary/aromatic N) is 2. The molecule has 1 aliphatic carbocycles. The van der Waals surface area contributed by atoms with E-state index in [2.05, 4.69) is 20.9 Å². The van der Waals surface area contributed by atoms with Gasteiger partial charge in [0.25, 0.3) is 5.56 Å². The van der Waals surface area contributed by atoms with E-state index in [-0.39, 0.29) is 5.56 Å². The summed E-state index contributed by atoms with van der Waals surface area (Å²) >= 11 is 0. The van der Waals surface area contributed by atoms with E-state index in [0.717, 1.165) is 48.9 Å². The lowest BCUT2D eigenvalue weighted by molar-refractivity contribution is 0.331. The molecule has 108 valence electrons. The number of aromatic nitrogens is 2. The number of benzene rings is 1. The zero-order valence-corrected chi connectivity index (χ0v) is 11.7. The van der Waals surface area contributed by atoms with Crippen molar-refractivity contribution in [2.24, 2.45) is 0 Å². The first-order chi connectivity index (χ1) is 10.3. The predicted molar refractivity (Wildman–Crippen MR) is 79.8 cm³/mol. The van der Waals surface area contributed by atoms with Crippen LogP contribution in [0, 0.1) is 0 Å². The quantitative estimate of drug-likeness (QED) is 0.916. The van der Waals surface area contributed by atoms with Crippen LogP contribution in [0.3, 0.4) is 0 Å². The highest BCUT2D eigenvalue weighted by atomic mass is 16.5. The first-order valence-electron chi connectivity index (χ1n) is 7.36. The molecular formula is C16H17N3O2. The van der Waals surface area contributed by atoms with Crippen molar-refractivity contribution < 1.29 is 4.74 Å². The van der Waals surface area contributed by atoms with Crippen LogP contribution in [0.1, 0.15) is 30.1 Å². The minimum Gasteiger partial charge on any atom is -0.491 e. The van der Waals surface area contributed by atoms with E-state index in [1.54, 1.807) is 6.07 Å². The Morgan fingerprint density at radius 1 is 1.29 bits per heavy atom. The Kier molecular flexibility index (Phi) is 2.91. The Balaban J connectivity index is 1.68. The van der Waals surface area contributed by atoms with Crippen molar-refractivity contribution in [3.8, 4) is 5.75 Å². The smallest absolute Gasteiger partial charge is 0.252 e. The first kappa shape index (κ1) is 12.4. The molecule has 2 aromatic rings. The van der Waals surface area contributed by atoms with Crippen molar-refractivity contribution in [2.75, 3.05) is 18.1 Å². The summed E-state index contributed by atoms with van der Waals surface area (Å²) in [6.45, 7) is 2.05. The summed E-state index contributed by atoms with van der Waals surface area (Å²) in [5, 5.41) is 0. The predicted octanol–water partition coefficient (Wildman–Crippen LogP) is 2.05. The molecule has 2 heterocycles. The third kappa shape index (κ3) is 2.51. The molecule has 2 aliphatic rings. The number of nitrogens with one attached hydrogen (secondary N) is 1. The summed E-state index contributed by atoms with van der Waals surface area (Å²) < 4.78 is 5.77. The molecule has 0 amide bonds. The summed E-state index contributed by atoms with van der Waals surface area (Å²) in [6, 6.07) is 9.61. The number of hydrogen-bond donors (Lipinski definition) is 1. The standard InChI is InChI=1S/C16H17N3O2/c20-15-9-14(17-16(18-15)11-5-6-11)19-7-8-21-13-4-2-1-3-12(13)10-19/h1-4,9,11H,5-8,10H2,(H,17,18,20). The number of hydrogen-bond acceptors (Lipinski definition) is 4. The number of rotatable bonds is 2. The Hall–Kier alpha value is -2.30. The van der Waals surface area contributed by atoms with E-state index in [4.69, 9.17) is 4.74 Å². The lowest BCUT2D eigenvalue weighted by Crippen LogP contribution is -2.28. The fraction of sp³-hybridized carbons (Fsp3) is 0.375. The van der Waals surface area contributed by atoms with Crippen LogP contribution in [0.4, 0.5) is 5.82 Å². The van der Waals surface area contributed by atoms with Crippen LogP contribution < -0.4 is 15.2 Å². The number of ether oxygens (including phenoxy) is 1. The van der Waals surface area contributed by atoms with Crippen LogP contribution in [0.15, 0.2) is 35.1 Å². The monoisotopic (exact) mass is 283 g/mol. The maximum atomic E-state index is 11.9. The molecule has 21 heavy (non-hydrogen) atoms. The molecule has 1 aromatic carbocycles. The number of para-hydroxylation sites is 1. The van der Waals surface area contributed by atoms with E-state index in [0.29, 0.717) is 12.5 Å². The molecule has 1 aromatic heterocycles. The van der Waals surface area contributed by atoms with Gasteiger partial charge in [-0.05, 0) is 18.9 Å². The van der Waals surface area contributed by atoms with Crippen molar-refractivity contribution >= 4 is 5.82 Å². The van der Waals surface area contributed by atoms with Crippen molar-refractivity contribution in [1.82, 2.24) is 9.97 Å². The summed E-state index contributed by atoms with van der Waals surface area (Å²) in [7, 11) is 0.